The molecule has 0 aliphatic heterocycles. The summed E-state index contributed by atoms with van der Waals surface area (Å²) in [5, 5.41) is 0. The quantitative estimate of drug-likeness (QED) is 0.0953. The lowest BCUT2D eigenvalue weighted by atomic mass is 9.86. The monoisotopic (exact) mass is 981 g/mol. The molecule has 0 bridgehead atoms. The molecule has 8 rings (SSSR count). The van der Waals surface area contributed by atoms with Crippen LogP contribution in [0.4, 0.5) is 0 Å². The van der Waals surface area contributed by atoms with E-state index in [9.17, 15) is 0 Å². The van der Waals surface area contributed by atoms with Crippen molar-refractivity contribution in [2.45, 2.75) is 88.5 Å². The molecule has 1 aliphatic rings. The van der Waals surface area contributed by atoms with Crippen LogP contribution in [-0.4, -0.2) is 0 Å². The van der Waals surface area contributed by atoms with E-state index in [0.29, 0.717) is 0 Å². The molecule has 0 spiro atoms. The fourth-order valence-electron chi connectivity index (χ4n) is 8.84. The van der Waals surface area contributed by atoms with E-state index in [1.807, 2.05) is 58.9 Å². The highest BCUT2D eigenvalue weighted by Gasteiger charge is 2.16. The topological polar surface area (TPSA) is 0 Å². The molecule has 0 amide bonds. The fraction of sp³-hybridized carbons (Fsp3) is 0.173. The van der Waals surface area contributed by atoms with Crippen LogP contribution in [0.1, 0.15) is 105 Å². The van der Waals surface area contributed by atoms with Gasteiger partial charge < -0.3 is 0 Å². The van der Waals surface area contributed by atoms with Gasteiger partial charge in [-0.1, -0.05) is 275 Å². The Morgan fingerprint density at radius 3 is 1.21 bits per heavy atom. The third kappa shape index (κ3) is 16.5. The molecule has 0 atom stereocenters. The lowest BCUT2D eigenvalue weighted by molar-refractivity contribution is 0.939. The Balaban J connectivity index is 0.000000492. The molecule has 380 valence electrons. The Hall–Kier alpha value is -8.06. The van der Waals surface area contributed by atoms with Crippen LogP contribution in [0.15, 0.2) is 267 Å². The van der Waals surface area contributed by atoms with Crippen molar-refractivity contribution >= 4 is 16.7 Å². The number of allylic oxidation sites excluding steroid dienone is 16. The molecular formula is C75H80. The summed E-state index contributed by atoms with van der Waals surface area (Å²) in [5.74, 6) is 0. The zero-order valence-corrected chi connectivity index (χ0v) is 46.7. The molecular weight excluding hydrogens is 901 g/mol. The highest BCUT2D eigenvalue weighted by Crippen LogP contribution is 2.42. The van der Waals surface area contributed by atoms with Gasteiger partial charge in [-0.25, -0.2) is 0 Å². The second kappa shape index (κ2) is 29.6. The molecule has 75 heavy (non-hydrogen) atoms. The van der Waals surface area contributed by atoms with E-state index >= 15 is 0 Å². The standard InChI is InChI=1S/C57H50.2C8H12.C2H6/c1-8-16-40(5)35-42(7)45-27-33-48(34-28-45)54-19-12-15-22-57(54)51-37-49(55-20-13-10-17-52(55)46-29-23-43(24-30-46)39(3)4)36-50(38-51)56-21-14-11-18-53(56)47-31-25-44(26-32-47)41(6)9-2;1-7-5-3-4-6-8(7)2;1-4-5-6-7-8(2)3;1-2/h8,10-38H,3,6-7,9H2,1-2,4-5H3;3,5H,4,6H2,1-2H3;4-7H,2H2,1,3H3;1-2H3/b16-8-,40-35-;;5-4-,7-6-;. The molecule has 7 aromatic carbocycles. The molecule has 1 aliphatic carbocycles. The summed E-state index contributed by atoms with van der Waals surface area (Å²) in [4.78, 5) is 0. The Bertz CT molecular complexity index is 3230. The minimum atomic E-state index is 0.930. The largest absolute Gasteiger partial charge is 0.0961 e. The summed E-state index contributed by atoms with van der Waals surface area (Å²) < 4.78 is 0. The normalized spacial score (nSPS) is 12.1. The molecule has 0 radical (unpaired) electrons. The van der Waals surface area contributed by atoms with Crippen LogP contribution in [0, 0.1) is 0 Å². The predicted molar refractivity (Wildman–Crippen MR) is 338 cm³/mol. The van der Waals surface area contributed by atoms with Gasteiger partial charge in [-0.05, 0) is 181 Å². The minimum Gasteiger partial charge on any atom is -0.0961 e. The summed E-state index contributed by atoms with van der Waals surface area (Å²) >= 11 is 0. The Labute approximate surface area is 453 Å². The number of hydrogen-bond acceptors (Lipinski definition) is 0. The van der Waals surface area contributed by atoms with E-state index in [0.717, 1.165) is 62.1 Å². The molecule has 0 nitrogen and oxygen atoms in total. The summed E-state index contributed by atoms with van der Waals surface area (Å²) in [7, 11) is 0. The summed E-state index contributed by atoms with van der Waals surface area (Å²) in [6.45, 7) is 37.2. The zero-order valence-electron chi connectivity index (χ0n) is 46.7. The molecule has 0 unspecified atom stereocenters. The van der Waals surface area contributed by atoms with E-state index in [4.69, 9.17) is 0 Å². The molecule has 0 heterocycles. The maximum absolute atomic E-state index is 4.36. The lowest BCUT2D eigenvalue weighted by Gasteiger charge is -2.18. The molecule has 0 N–H and O–H groups in total. The first-order chi connectivity index (χ1) is 36.3. The van der Waals surface area contributed by atoms with Gasteiger partial charge >= 0.3 is 0 Å². The van der Waals surface area contributed by atoms with Crippen molar-refractivity contribution in [1.82, 2.24) is 0 Å². The zero-order chi connectivity index (χ0) is 54.3. The van der Waals surface area contributed by atoms with Crippen LogP contribution in [0.25, 0.3) is 83.5 Å². The van der Waals surface area contributed by atoms with E-state index < -0.39 is 0 Å². The SMILES string of the molecule is C=C(C)/C=C\C=C/C.C=C(C)c1ccc(-c2ccccc2-c2cc(-c3ccccc3-c3ccc(C(=C)/C=C(C)\C=C/C)cc3)cc(-c3ccccc3-c3ccc(C(=C)CC)cc3)c2)cc1.CC.CC1=C(C)CCC=C1. The van der Waals surface area contributed by atoms with E-state index in [2.05, 4.69) is 255 Å². The third-order valence-electron chi connectivity index (χ3n) is 13.2. The van der Waals surface area contributed by atoms with Crippen molar-refractivity contribution in [1.29, 1.82) is 0 Å². The summed E-state index contributed by atoms with van der Waals surface area (Å²) in [6.07, 6.45) is 22.1. The number of hydrogen-bond donors (Lipinski definition) is 0. The van der Waals surface area contributed by atoms with Crippen molar-refractivity contribution in [2.75, 3.05) is 0 Å². The van der Waals surface area contributed by atoms with Gasteiger partial charge in [0.05, 0.1) is 0 Å². The Morgan fingerprint density at radius 1 is 0.480 bits per heavy atom. The maximum Gasteiger partial charge on any atom is -0.0105 e. The summed E-state index contributed by atoms with van der Waals surface area (Å²) in [5.41, 5.74) is 26.1. The maximum atomic E-state index is 4.36. The van der Waals surface area contributed by atoms with E-state index in [-0.39, 0.29) is 0 Å². The molecule has 0 saturated carbocycles. The lowest BCUT2D eigenvalue weighted by Crippen LogP contribution is -1.92. The second-order valence-corrected chi connectivity index (χ2v) is 19.0. The first-order valence-corrected chi connectivity index (χ1v) is 26.7. The average molecular weight is 981 g/mol. The van der Waals surface area contributed by atoms with Crippen molar-refractivity contribution in [3.8, 4) is 66.8 Å². The fourth-order valence-corrected chi connectivity index (χ4v) is 8.84. The number of rotatable bonds is 14. The van der Waals surface area contributed by atoms with Crippen molar-refractivity contribution < 1.29 is 0 Å². The van der Waals surface area contributed by atoms with Gasteiger partial charge in [-0.15, -0.1) is 0 Å². The molecule has 0 aromatic heterocycles. The highest BCUT2D eigenvalue weighted by molar-refractivity contribution is 5.94. The molecule has 7 aromatic rings. The highest BCUT2D eigenvalue weighted by atomic mass is 14.2. The van der Waals surface area contributed by atoms with Gasteiger partial charge in [-0.2, -0.15) is 0 Å². The Morgan fingerprint density at radius 2 is 0.880 bits per heavy atom. The average Bonchev–Trinajstić information content (AvgIpc) is 3.45. The minimum absolute atomic E-state index is 0.930. The number of benzene rings is 7. The first-order valence-electron chi connectivity index (χ1n) is 26.7. The summed E-state index contributed by atoms with van der Waals surface area (Å²) in [6, 6.07) is 59.8. The van der Waals surface area contributed by atoms with Gasteiger partial charge in [0.2, 0.25) is 0 Å². The van der Waals surface area contributed by atoms with Crippen LogP contribution in [0.3, 0.4) is 0 Å². The van der Waals surface area contributed by atoms with Crippen molar-refractivity contribution in [2.24, 2.45) is 0 Å². The van der Waals surface area contributed by atoms with Crippen LogP contribution >= 0.6 is 0 Å². The van der Waals surface area contributed by atoms with Gasteiger partial charge in [-0.3, -0.25) is 0 Å². The molecule has 0 fully saturated rings. The van der Waals surface area contributed by atoms with Crippen LogP contribution in [-0.2, 0) is 0 Å². The van der Waals surface area contributed by atoms with E-state index in [1.54, 1.807) is 5.57 Å². The van der Waals surface area contributed by atoms with Crippen molar-refractivity contribution in [3.05, 3.63) is 284 Å². The van der Waals surface area contributed by atoms with Crippen LogP contribution < -0.4 is 0 Å². The van der Waals surface area contributed by atoms with Gasteiger partial charge in [0, 0.05) is 0 Å². The van der Waals surface area contributed by atoms with Crippen molar-refractivity contribution in [3.63, 3.8) is 0 Å². The van der Waals surface area contributed by atoms with Crippen LogP contribution in [0.5, 0.6) is 0 Å². The van der Waals surface area contributed by atoms with Gasteiger partial charge in [0.15, 0.2) is 0 Å². The smallest absolute Gasteiger partial charge is 0.0105 e. The van der Waals surface area contributed by atoms with Gasteiger partial charge in [0.25, 0.3) is 0 Å². The first kappa shape index (κ1) is 57.8. The Kier molecular flexibility index (Phi) is 22.8. The third-order valence-corrected chi connectivity index (χ3v) is 13.2. The second-order valence-electron chi connectivity index (χ2n) is 19.0. The predicted octanol–water partition coefficient (Wildman–Crippen LogP) is 23.1. The van der Waals surface area contributed by atoms with Crippen LogP contribution in [0.2, 0.25) is 0 Å². The molecule has 0 saturated heterocycles. The van der Waals surface area contributed by atoms with Gasteiger partial charge in [0.1, 0.15) is 0 Å². The van der Waals surface area contributed by atoms with E-state index in [1.165, 1.54) is 74.1 Å². The molecule has 0 heteroatoms.